The largest absolute Gasteiger partial charge is 0.313 e. The number of aromatic nitrogens is 2. The summed E-state index contributed by atoms with van der Waals surface area (Å²) in [5, 5.41) is 8.03. The van der Waals surface area contributed by atoms with Gasteiger partial charge in [-0.15, -0.1) is 0 Å². The van der Waals surface area contributed by atoms with E-state index in [2.05, 4.69) is 82.7 Å². The maximum atomic E-state index is 4.66. The van der Waals surface area contributed by atoms with E-state index in [1.165, 1.54) is 20.4 Å². The molecule has 0 amide bonds. The van der Waals surface area contributed by atoms with Gasteiger partial charge in [-0.2, -0.15) is 5.10 Å². The van der Waals surface area contributed by atoms with Gasteiger partial charge in [-0.1, -0.05) is 19.1 Å². The first-order chi connectivity index (χ1) is 9.11. The molecule has 0 radical (unpaired) electrons. The van der Waals surface area contributed by atoms with E-state index < -0.39 is 0 Å². The molecule has 3 nitrogen and oxygen atoms in total. The van der Waals surface area contributed by atoms with Gasteiger partial charge in [-0.05, 0) is 60.7 Å². The van der Waals surface area contributed by atoms with E-state index in [9.17, 15) is 0 Å². The van der Waals surface area contributed by atoms with E-state index >= 15 is 0 Å². The summed E-state index contributed by atoms with van der Waals surface area (Å²) in [5.41, 5.74) is 5.01. The summed E-state index contributed by atoms with van der Waals surface area (Å²) in [6.45, 7) is 9.10. The molecule has 0 atom stereocenters. The Balaban J connectivity index is 2.19. The summed E-state index contributed by atoms with van der Waals surface area (Å²) in [4.78, 5) is 0. The number of rotatable bonds is 5. The molecule has 0 unspecified atom stereocenters. The van der Waals surface area contributed by atoms with Crippen LogP contribution < -0.4 is 5.32 Å². The van der Waals surface area contributed by atoms with Gasteiger partial charge in [0.2, 0.25) is 0 Å². The third kappa shape index (κ3) is 3.57. The Morgan fingerprint density at radius 2 is 1.89 bits per heavy atom. The normalized spacial score (nSPS) is 10.9. The highest BCUT2D eigenvalue weighted by atomic mass is 127. The molecule has 1 N–H and O–H groups in total. The first-order valence-electron chi connectivity index (χ1n) is 6.60. The van der Waals surface area contributed by atoms with E-state index in [-0.39, 0.29) is 0 Å². The minimum atomic E-state index is 0.843. The van der Waals surface area contributed by atoms with Crippen molar-refractivity contribution >= 4 is 22.6 Å². The lowest BCUT2D eigenvalue weighted by molar-refractivity contribution is 0.655. The maximum absolute atomic E-state index is 4.66. The van der Waals surface area contributed by atoms with Crippen molar-refractivity contribution in [3.8, 4) is 0 Å². The van der Waals surface area contributed by atoms with Crippen LogP contribution in [0.2, 0.25) is 0 Å². The Labute approximate surface area is 128 Å². The zero-order valence-corrected chi connectivity index (χ0v) is 13.9. The maximum Gasteiger partial charge on any atom is 0.0662 e. The Morgan fingerprint density at radius 1 is 1.21 bits per heavy atom. The molecule has 2 rings (SSSR count). The van der Waals surface area contributed by atoms with Crippen LogP contribution in [0.4, 0.5) is 0 Å². The molecular formula is C15H20IN3. The minimum absolute atomic E-state index is 0.843. The minimum Gasteiger partial charge on any atom is -0.313 e. The van der Waals surface area contributed by atoms with Crippen molar-refractivity contribution in [2.24, 2.45) is 0 Å². The fourth-order valence-corrected chi connectivity index (χ4v) is 2.52. The number of nitrogens with one attached hydrogen (secondary N) is 1. The number of halogens is 1. The fourth-order valence-electron chi connectivity index (χ4n) is 2.16. The summed E-state index contributed by atoms with van der Waals surface area (Å²) in [6, 6.07) is 8.62. The summed E-state index contributed by atoms with van der Waals surface area (Å²) in [6.07, 6.45) is 0. The van der Waals surface area contributed by atoms with Gasteiger partial charge in [0, 0.05) is 21.4 Å². The van der Waals surface area contributed by atoms with Gasteiger partial charge in [-0.25, -0.2) is 0 Å². The quantitative estimate of drug-likeness (QED) is 0.820. The molecule has 0 saturated heterocycles. The van der Waals surface area contributed by atoms with Crippen molar-refractivity contribution in [2.75, 3.05) is 6.54 Å². The Bertz CT molecular complexity index is 543. The molecule has 1 heterocycles. The Kier molecular flexibility index (Phi) is 4.99. The van der Waals surface area contributed by atoms with E-state index in [1.807, 2.05) is 0 Å². The fraction of sp³-hybridized carbons (Fsp3) is 0.400. The standard InChI is InChI=1S/C15H20IN3/c1-4-17-9-15-11(2)18-19(12(15)3)10-13-5-7-14(16)8-6-13/h5-8,17H,4,9-10H2,1-3H3. The van der Waals surface area contributed by atoms with E-state index in [4.69, 9.17) is 0 Å². The van der Waals surface area contributed by atoms with Crippen LogP contribution in [0.3, 0.4) is 0 Å². The summed E-state index contributed by atoms with van der Waals surface area (Å²) in [5.74, 6) is 0. The van der Waals surface area contributed by atoms with E-state index in [1.54, 1.807) is 0 Å². The van der Waals surface area contributed by atoms with Crippen molar-refractivity contribution in [3.63, 3.8) is 0 Å². The highest BCUT2D eigenvalue weighted by Gasteiger charge is 2.10. The Hall–Kier alpha value is -0.880. The molecule has 2 aromatic rings. The van der Waals surface area contributed by atoms with Crippen LogP contribution in [0.15, 0.2) is 24.3 Å². The number of nitrogens with zero attached hydrogens (tertiary/aromatic N) is 2. The van der Waals surface area contributed by atoms with Crippen LogP contribution in [0.5, 0.6) is 0 Å². The number of benzene rings is 1. The first kappa shape index (κ1) is 14.5. The SMILES string of the molecule is CCNCc1c(C)nn(Cc2ccc(I)cc2)c1C. The second kappa shape index (κ2) is 6.52. The van der Waals surface area contributed by atoms with Crippen LogP contribution in [-0.4, -0.2) is 16.3 Å². The molecule has 0 aliphatic heterocycles. The molecule has 4 heteroatoms. The van der Waals surface area contributed by atoms with Gasteiger partial charge >= 0.3 is 0 Å². The van der Waals surface area contributed by atoms with Crippen LogP contribution in [0, 0.1) is 17.4 Å². The topological polar surface area (TPSA) is 29.9 Å². The first-order valence-corrected chi connectivity index (χ1v) is 7.67. The third-order valence-electron chi connectivity index (χ3n) is 3.33. The molecule has 102 valence electrons. The highest BCUT2D eigenvalue weighted by Crippen LogP contribution is 2.15. The molecule has 0 aliphatic rings. The van der Waals surface area contributed by atoms with Gasteiger partial charge < -0.3 is 5.32 Å². The molecule has 0 bridgehead atoms. The number of hydrogen-bond acceptors (Lipinski definition) is 2. The van der Waals surface area contributed by atoms with Crippen LogP contribution in [-0.2, 0) is 13.1 Å². The summed E-state index contributed by atoms with van der Waals surface area (Å²) in [7, 11) is 0. The number of aryl methyl sites for hydroxylation is 1. The average Bonchev–Trinajstić information content (AvgIpc) is 2.65. The predicted molar refractivity (Wildman–Crippen MR) is 87.3 cm³/mol. The van der Waals surface area contributed by atoms with Crippen molar-refractivity contribution in [1.29, 1.82) is 0 Å². The van der Waals surface area contributed by atoms with Gasteiger partial charge in [-0.3, -0.25) is 4.68 Å². The van der Waals surface area contributed by atoms with Crippen molar-refractivity contribution in [3.05, 3.63) is 50.4 Å². The predicted octanol–water partition coefficient (Wildman–Crippen LogP) is 3.26. The molecule has 1 aromatic heterocycles. The summed E-state index contributed by atoms with van der Waals surface area (Å²) < 4.78 is 3.37. The zero-order valence-electron chi connectivity index (χ0n) is 11.7. The van der Waals surface area contributed by atoms with Crippen LogP contribution in [0.25, 0.3) is 0 Å². The summed E-state index contributed by atoms with van der Waals surface area (Å²) >= 11 is 2.33. The van der Waals surface area contributed by atoms with Crippen molar-refractivity contribution in [1.82, 2.24) is 15.1 Å². The molecule has 1 aromatic carbocycles. The molecule has 0 fully saturated rings. The molecular weight excluding hydrogens is 349 g/mol. The monoisotopic (exact) mass is 369 g/mol. The average molecular weight is 369 g/mol. The van der Waals surface area contributed by atoms with E-state index in [0.717, 1.165) is 25.3 Å². The Morgan fingerprint density at radius 3 is 2.53 bits per heavy atom. The van der Waals surface area contributed by atoms with Crippen molar-refractivity contribution < 1.29 is 0 Å². The van der Waals surface area contributed by atoms with Gasteiger partial charge in [0.15, 0.2) is 0 Å². The lowest BCUT2D eigenvalue weighted by atomic mass is 10.2. The second-order valence-corrected chi connectivity index (χ2v) is 5.96. The lowest BCUT2D eigenvalue weighted by Crippen LogP contribution is -2.13. The lowest BCUT2D eigenvalue weighted by Gasteiger charge is -2.06. The molecule has 0 spiro atoms. The molecule has 0 saturated carbocycles. The van der Waals surface area contributed by atoms with Gasteiger partial charge in [0.25, 0.3) is 0 Å². The third-order valence-corrected chi connectivity index (χ3v) is 4.05. The van der Waals surface area contributed by atoms with Gasteiger partial charge in [0.1, 0.15) is 0 Å². The molecule has 19 heavy (non-hydrogen) atoms. The van der Waals surface area contributed by atoms with Gasteiger partial charge in [0.05, 0.1) is 12.2 Å². The van der Waals surface area contributed by atoms with Crippen molar-refractivity contribution in [2.45, 2.75) is 33.9 Å². The smallest absolute Gasteiger partial charge is 0.0662 e. The van der Waals surface area contributed by atoms with Crippen LogP contribution >= 0.6 is 22.6 Å². The highest BCUT2D eigenvalue weighted by molar-refractivity contribution is 14.1. The van der Waals surface area contributed by atoms with Crippen LogP contribution in [0.1, 0.15) is 29.4 Å². The zero-order chi connectivity index (χ0) is 13.8. The van der Waals surface area contributed by atoms with E-state index in [0.29, 0.717) is 0 Å². The number of hydrogen-bond donors (Lipinski definition) is 1. The molecule has 0 aliphatic carbocycles. The second-order valence-electron chi connectivity index (χ2n) is 4.71.